The highest BCUT2D eigenvalue weighted by Gasteiger charge is 2.11. The maximum atomic E-state index is 5.89. The van der Waals surface area contributed by atoms with E-state index in [1.54, 1.807) is 30.9 Å². The minimum absolute atomic E-state index is 0.598. The molecule has 6 heteroatoms. The van der Waals surface area contributed by atoms with Gasteiger partial charge in [0.2, 0.25) is 0 Å². The van der Waals surface area contributed by atoms with Gasteiger partial charge >= 0.3 is 0 Å². The van der Waals surface area contributed by atoms with Crippen LogP contribution in [-0.2, 0) is 0 Å². The van der Waals surface area contributed by atoms with Crippen molar-refractivity contribution in [3.05, 3.63) is 60.1 Å². The molecule has 4 rings (SSSR count). The number of halogens is 1. The number of H-pyrrole nitrogens is 1. The Kier molecular flexibility index (Phi) is 3.05. The maximum absolute atomic E-state index is 5.89. The third-order valence-corrected chi connectivity index (χ3v) is 3.60. The zero-order valence-corrected chi connectivity index (χ0v) is 12.1. The van der Waals surface area contributed by atoms with E-state index in [4.69, 9.17) is 11.6 Å². The molecule has 4 aromatic rings. The average Bonchev–Trinajstić information content (AvgIpc) is 2.99. The van der Waals surface area contributed by atoms with Crippen molar-refractivity contribution in [2.24, 2.45) is 0 Å². The molecule has 0 atom stereocenters. The highest BCUT2D eigenvalue weighted by atomic mass is 35.5. The molecular weight excluding hydrogens is 298 g/mol. The van der Waals surface area contributed by atoms with Crippen LogP contribution in [0.5, 0.6) is 0 Å². The monoisotopic (exact) mass is 307 g/mol. The van der Waals surface area contributed by atoms with Crippen LogP contribution in [-0.4, -0.2) is 25.1 Å². The van der Waals surface area contributed by atoms with Crippen LogP contribution in [0.1, 0.15) is 0 Å². The fourth-order valence-electron chi connectivity index (χ4n) is 2.30. The van der Waals surface area contributed by atoms with E-state index in [1.165, 1.54) is 0 Å². The predicted molar refractivity (Wildman–Crippen MR) is 85.4 cm³/mol. The molecule has 0 radical (unpaired) electrons. The molecule has 0 aromatic carbocycles. The summed E-state index contributed by atoms with van der Waals surface area (Å²) in [5.41, 5.74) is 4.20. The van der Waals surface area contributed by atoms with Gasteiger partial charge in [0.25, 0.3) is 0 Å². The molecule has 0 unspecified atom stereocenters. The molecule has 0 saturated heterocycles. The lowest BCUT2D eigenvalue weighted by molar-refractivity contribution is 1.11. The summed E-state index contributed by atoms with van der Waals surface area (Å²) >= 11 is 5.89. The van der Waals surface area contributed by atoms with Crippen molar-refractivity contribution in [2.45, 2.75) is 0 Å². The lowest BCUT2D eigenvalue weighted by Crippen LogP contribution is -1.86. The molecule has 22 heavy (non-hydrogen) atoms. The minimum Gasteiger partial charge on any atom is -0.276 e. The lowest BCUT2D eigenvalue weighted by Gasteiger charge is -2.01. The number of aromatic nitrogens is 5. The Balaban J connectivity index is 1.88. The summed E-state index contributed by atoms with van der Waals surface area (Å²) in [4.78, 5) is 12.9. The summed E-state index contributed by atoms with van der Waals surface area (Å²) in [6.45, 7) is 0. The Hall–Kier alpha value is -2.79. The van der Waals surface area contributed by atoms with E-state index in [0.717, 1.165) is 33.5 Å². The molecule has 106 valence electrons. The van der Waals surface area contributed by atoms with E-state index in [-0.39, 0.29) is 0 Å². The number of aromatic amines is 1. The molecule has 0 aliphatic carbocycles. The molecule has 4 aromatic heterocycles. The van der Waals surface area contributed by atoms with Gasteiger partial charge in [-0.2, -0.15) is 5.10 Å². The fraction of sp³-hybridized carbons (Fsp3) is 0. The Morgan fingerprint density at radius 2 is 1.86 bits per heavy atom. The standard InChI is InChI=1S/C16H10ClN5/c17-11-3-4-13(19-8-11)16-12-6-14(10-2-1-5-18-7-10)20-9-15(12)21-22-16/h1-9H,(H,21,22). The van der Waals surface area contributed by atoms with Crippen molar-refractivity contribution in [1.82, 2.24) is 25.1 Å². The van der Waals surface area contributed by atoms with Crippen LogP contribution in [0.3, 0.4) is 0 Å². The smallest absolute Gasteiger partial charge is 0.118 e. The molecule has 0 aliphatic heterocycles. The van der Waals surface area contributed by atoms with Crippen LogP contribution >= 0.6 is 11.6 Å². The van der Waals surface area contributed by atoms with Gasteiger partial charge in [0.05, 0.1) is 28.1 Å². The Labute approximate surface area is 131 Å². The quantitative estimate of drug-likeness (QED) is 0.612. The van der Waals surface area contributed by atoms with Gasteiger partial charge in [-0.3, -0.25) is 20.1 Å². The number of rotatable bonds is 2. The number of nitrogens with one attached hydrogen (secondary N) is 1. The molecule has 4 heterocycles. The molecule has 0 bridgehead atoms. The summed E-state index contributed by atoms with van der Waals surface area (Å²) in [6, 6.07) is 9.50. The summed E-state index contributed by atoms with van der Waals surface area (Å²) in [5.74, 6) is 0. The first-order valence-electron chi connectivity index (χ1n) is 6.68. The summed E-state index contributed by atoms with van der Waals surface area (Å²) in [5, 5.41) is 8.88. The van der Waals surface area contributed by atoms with E-state index >= 15 is 0 Å². The Bertz CT molecular complexity index is 932. The van der Waals surface area contributed by atoms with E-state index in [9.17, 15) is 0 Å². The van der Waals surface area contributed by atoms with E-state index in [0.29, 0.717) is 5.02 Å². The topological polar surface area (TPSA) is 67.3 Å². The third-order valence-electron chi connectivity index (χ3n) is 3.37. The number of hydrogen-bond acceptors (Lipinski definition) is 4. The van der Waals surface area contributed by atoms with E-state index in [2.05, 4.69) is 25.1 Å². The van der Waals surface area contributed by atoms with Crippen LogP contribution in [0.2, 0.25) is 5.02 Å². The van der Waals surface area contributed by atoms with Crippen molar-refractivity contribution in [2.75, 3.05) is 0 Å². The van der Waals surface area contributed by atoms with Gasteiger partial charge in [-0.05, 0) is 30.3 Å². The maximum Gasteiger partial charge on any atom is 0.118 e. The van der Waals surface area contributed by atoms with Gasteiger partial charge in [-0.15, -0.1) is 0 Å². The fourth-order valence-corrected chi connectivity index (χ4v) is 2.41. The van der Waals surface area contributed by atoms with Gasteiger partial charge in [-0.25, -0.2) is 0 Å². The molecule has 0 fully saturated rings. The number of pyridine rings is 3. The number of fused-ring (bicyclic) bond motifs is 1. The van der Waals surface area contributed by atoms with Crippen LogP contribution in [0.25, 0.3) is 33.5 Å². The first-order valence-corrected chi connectivity index (χ1v) is 7.05. The van der Waals surface area contributed by atoms with Gasteiger partial charge in [0.1, 0.15) is 5.69 Å². The lowest BCUT2D eigenvalue weighted by atomic mass is 10.1. The summed E-state index contributed by atoms with van der Waals surface area (Å²) < 4.78 is 0. The molecule has 0 amide bonds. The van der Waals surface area contributed by atoms with Crippen LogP contribution in [0.15, 0.2) is 55.1 Å². The second-order valence-corrected chi connectivity index (χ2v) is 5.23. The van der Waals surface area contributed by atoms with Gasteiger partial charge in [0, 0.05) is 29.5 Å². The van der Waals surface area contributed by atoms with Crippen LogP contribution in [0.4, 0.5) is 0 Å². The average molecular weight is 308 g/mol. The highest BCUT2D eigenvalue weighted by Crippen LogP contribution is 2.28. The van der Waals surface area contributed by atoms with Crippen molar-refractivity contribution in [3.63, 3.8) is 0 Å². The predicted octanol–water partition coefficient (Wildman–Crippen LogP) is 3.74. The van der Waals surface area contributed by atoms with Gasteiger partial charge < -0.3 is 0 Å². The Morgan fingerprint density at radius 1 is 0.955 bits per heavy atom. The molecule has 1 N–H and O–H groups in total. The number of hydrogen-bond donors (Lipinski definition) is 1. The van der Waals surface area contributed by atoms with E-state index in [1.807, 2.05) is 24.3 Å². The number of nitrogens with zero attached hydrogens (tertiary/aromatic N) is 4. The highest BCUT2D eigenvalue weighted by molar-refractivity contribution is 6.30. The van der Waals surface area contributed by atoms with Gasteiger partial charge in [-0.1, -0.05) is 11.6 Å². The van der Waals surface area contributed by atoms with Crippen molar-refractivity contribution in [1.29, 1.82) is 0 Å². The van der Waals surface area contributed by atoms with Crippen molar-refractivity contribution in [3.8, 4) is 22.6 Å². The van der Waals surface area contributed by atoms with Crippen molar-refractivity contribution < 1.29 is 0 Å². The van der Waals surface area contributed by atoms with Crippen molar-refractivity contribution >= 4 is 22.5 Å². The van der Waals surface area contributed by atoms with E-state index < -0.39 is 0 Å². The van der Waals surface area contributed by atoms with Gasteiger partial charge in [0.15, 0.2) is 0 Å². The molecule has 0 saturated carbocycles. The second-order valence-electron chi connectivity index (χ2n) is 4.79. The zero-order valence-electron chi connectivity index (χ0n) is 11.4. The summed E-state index contributed by atoms with van der Waals surface area (Å²) in [6.07, 6.45) is 6.90. The third kappa shape index (κ3) is 2.21. The molecule has 5 nitrogen and oxygen atoms in total. The van der Waals surface area contributed by atoms with Crippen LogP contribution < -0.4 is 0 Å². The first-order chi connectivity index (χ1) is 10.8. The second kappa shape index (κ2) is 5.20. The largest absolute Gasteiger partial charge is 0.276 e. The normalized spacial score (nSPS) is 11.0. The molecule has 0 aliphatic rings. The molecular formula is C16H10ClN5. The van der Waals surface area contributed by atoms with Crippen LogP contribution in [0, 0.1) is 0 Å². The SMILES string of the molecule is Clc1ccc(-c2n[nH]c3cnc(-c4cccnc4)cc23)nc1. The zero-order chi connectivity index (χ0) is 14.9. The Morgan fingerprint density at radius 3 is 2.64 bits per heavy atom. The molecule has 0 spiro atoms. The minimum atomic E-state index is 0.598. The summed E-state index contributed by atoms with van der Waals surface area (Å²) in [7, 11) is 0. The first kappa shape index (κ1) is 12.9.